The van der Waals surface area contributed by atoms with Crippen LogP contribution in [0, 0.1) is 6.92 Å². The number of para-hydroxylation sites is 1. The molecule has 2 aromatic rings. The molecule has 1 N–H and O–H groups in total. The Hall–Kier alpha value is -2.49. The first kappa shape index (κ1) is 15.4. The highest BCUT2D eigenvalue weighted by molar-refractivity contribution is 5.98. The third-order valence-corrected chi connectivity index (χ3v) is 4.38. The van der Waals surface area contributed by atoms with Gasteiger partial charge in [-0.2, -0.15) is 0 Å². The Kier molecular flexibility index (Phi) is 4.24. The molecule has 120 valence electrons. The lowest BCUT2D eigenvalue weighted by atomic mass is 10.1. The molecule has 1 amide bonds. The van der Waals surface area contributed by atoms with Crippen molar-refractivity contribution in [2.45, 2.75) is 26.3 Å². The summed E-state index contributed by atoms with van der Waals surface area (Å²) in [6.45, 7) is 4.81. The van der Waals surface area contributed by atoms with Crippen LogP contribution in [0.2, 0.25) is 0 Å². The van der Waals surface area contributed by atoms with Crippen molar-refractivity contribution in [3.8, 4) is 5.75 Å². The molecule has 1 heterocycles. The average Bonchev–Trinajstić information content (AvgIpc) is 2.98. The smallest absolute Gasteiger partial charge is 0.246 e. The van der Waals surface area contributed by atoms with Gasteiger partial charge in [0.1, 0.15) is 11.8 Å². The van der Waals surface area contributed by atoms with Crippen molar-refractivity contribution in [1.29, 1.82) is 0 Å². The Morgan fingerprint density at radius 2 is 2.04 bits per heavy atom. The van der Waals surface area contributed by atoms with Gasteiger partial charge in [0.15, 0.2) is 0 Å². The summed E-state index contributed by atoms with van der Waals surface area (Å²) < 4.78 is 5.33. The van der Waals surface area contributed by atoms with Gasteiger partial charge in [-0.25, -0.2) is 0 Å². The molecule has 0 radical (unpaired) electrons. The normalized spacial score (nSPS) is 14.3. The Morgan fingerprint density at radius 1 is 1.26 bits per heavy atom. The fourth-order valence-corrected chi connectivity index (χ4v) is 3.06. The minimum atomic E-state index is -0.233. The number of methoxy groups -OCH3 is 1. The van der Waals surface area contributed by atoms with Crippen molar-refractivity contribution in [2.24, 2.45) is 0 Å². The number of amides is 1. The van der Waals surface area contributed by atoms with E-state index in [0.717, 1.165) is 29.9 Å². The van der Waals surface area contributed by atoms with Crippen molar-refractivity contribution in [2.75, 3.05) is 23.9 Å². The number of nitrogens with one attached hydrogen (secondary N) is 1. The van der Waals surface area contributed by atoms with Crippen LogP contribution >= 0.6 is 0 Å². The van der Waals surface area contributed by atoms with Crippen molar-refractivity contribution in [1.82, 2.24) is 0 Å². The van der Waals surface area contributed by atoms with Crippen LogP contribution in [0.1, 0.15) is 18.1 Å². The summed E-state index contributed by atoms with van der Waals surface area (Å²) in [5, 5.41) is 3.00. The predicted octanol–water partition coefficient (Wildman–Crippen LogP) is 3.39. The zero-order valence-corrected chi connectivity index (χ0v) is 13.8. The number of carbonyl (C=O) groups is 1. The molecule has 0 aromatic heterocycles. The van der Waals surface area contributed by atoms with E-state index in [1.54, 1.807) is 7.11 Å². The molecule has 2 aromatic carbocycles. The highest BCUT2D eigenvalue weighted by Gasteiger charge is 2.27. The number of nitrogens with zero attached hydrogens (tertiary/aromatic N) is 1. The summed E-state index contributed by atoms with van der Waals surface area (Å²) in [6.07, 6.45) is 0.988. The molecule has 0 aliphatic carbocycles. The molecule has 0 fully saturated rings. The van der Waals surface area contributed by atoms with Crippen LogP contribution in [0.5, 0.6) is 5.75 Å². The molecule has 4 nitrogen and oxygen atoms in total. The van der Waals surface area contributed by atoms with Crippen molar-refractivity contribution < 1.29 is 9.53 Å². The maximum Gasteiger partial charge on any atom is 0.246 e. The van der Waals surface area contributed by atoms with Crippen LogP contribution in [-0.2, 0) is 11.2 Å². The Labute approximate surface area is 137 Å². The molecular weight excluding hydrogens is 288 g/mol. The maximum absolute atomic E-state index is 12.7. The van der Waals surface area contributed by atoms with Gasteiger partial charge in [-0.3, -0.25) is 4.79 Å². The van der Waals surface area contributed by atoms with E-state index in [0.29, 0.717) is 5.75 Å². The molecule has 0 spiro atoms. The summed E-state index contributed by atoms with van der Waals surface area (Å²) in [5.74, 6) is 0.656. The van der Waals surface area contributed by atoms with Gasteiger partial charge in [-0.15, -0.1) is 0 Å². The zero-order valence-electron chi connectivity index (χ0n) is 13.8. The molecule has 1 aliphatic rings. The molecule has 0 saturated heterocycles. The van der Waals surface area contributed by atoms with Gasteiger partial charge in [0, 0.05) is 12.2 Å². The number of hydrogen-bond donors (Lipinski definition) is 1. The molecular formula is C19H22N2O2. The first-order valence-corrected chi connectivity index (χ1v) is 7.90. The summed E-state index contributed by atoms with van der Waals surface area (Å²) in [7, 11) is 1.61. The van der Waals surface area contributed by atoms with Crippen LogP contribution in [0.4, 0.5) is 11.4 Å². The molecule has 4 heteroatoms. The summed E-state index contributed by atoms with van der Waals surface area (Å²) in [5.41, 5.74) is 4.27. The lowest BCUT2D eigenvalue weighted by molar-refractivity contribution is -0.117. The highest BCUT2D eigenvalue weighted by atomic mass is 16.5. The van der Waals surface area contributed by atoms with Gasteiger partial charge in [-0.1, -0.05) is 24.3 Å². The molecule has 0 bridgehead atoms. The molecule has 23 heavy (non-hydrogen) atoms. The maximum atomic E-state index is 12.7. The number of hydrogen-bond acceptors (Lipinski definition) is 3. The van der Waals surface area contributed by atoms with Crippen LogP contribution in [-0.4, -0.2) is 25.6 Å². The number of anilines is 2. The lowest BCUT2D eigenvalue weighted by Crippen LogP contribution is -2.41. The van der Waals surface area contributed by atoms with E-state index in [9.17, 15) is 4.79 Å². The minimum Gasteiger partial charge on any atom is -0.495 e. The monoisotopic (exact) mass is 310 g/mol. The van der Waals surface area contributed by atoms with Gasteiger partial charge in [0.25, 0.3) is 0 Å². The van der Waals surface area contributed by atoms with Gasteiger partial charge < -0.3 is 15.0 Å². The molecule has 1 atom stereocenters. The molecule has 3 rings (SSSR count). The Balaban J connectivity index is 1.78. The van der Waals surface area contributed by atoms with Crippen molar-refractivity contribution in [3.05, 3.63) is 53.6 Å². The Bertz CT molecular complexity index is 727. The summed E-state index contributed by atoms with van der Waals surface area (Å²) >= 11 is 0. The van der Waals surface area contributed by atoms with Crippen LogP contribution in [0.3, 0.4) is 0 Å². The van der Waals surface area contributed by atoms with E-state index in [1.807, 2.05) is 44.2 Å². The number of fused-ring (bicyclic) bond motifs is 1. The van der Waals surface area contributed by atoms with Crippen LogP contribution < -0.4 is 15.0 Å². The van der Waals surface area contributed by atoms with E-state index < -0.39 is 0 Å². The van der Waals surface area contributed by atoms with Crippen molar-refractivity contribution >= 4 is 17.3 Å². The second-order valence-corrected chi connectivity index (χ2v) is 5.94. The van der Waals surface area contributed by atoms with E-state index in [-0.39, 0.29) is 11.9 Å². The first-order chi connectivity index (χ1) is 11.1. The van der Waals surface area contributed by atoms with E-state index in [1.165, 1.54) is 5.56 Å². The Morgan fingerprint density at radius 3 is 2.83 bits per heavy atom. The fraction of sp³-hybridized carbons (Fsp3) is 0.316. The third-order valence-electron chi connectivity index (χ3n) is 4.38. The van der Waals surface area contributed by atoms with Gasteiger partial charge in [0.05, 0.1) is 12.8 Å². The quantitative estimate of drug-likeness (QED) is 0.941. The minimum absolute atomic E-state index is 0.0226. The lowest BCUT2D eigenvalue weighted by Gasteiger charge is -2.26. The van der Waals surface area contributed by atoms with Crippen LogP contribution in [0.15, 0.2) is 42.5 Å². The number of benzene rings is 2. The summed E-state index contributed by atoms with van der Waals surface area (Å²) in [6, 6.07) is 13.8. The second kappa shape index (κ2) is 6.32. The molecule has 0 saturated carbocycles. The third kappa shape index (κ3) is 3.02. The highest BCUT2D eigenvalue weighted by Crippen LogP contribution is 2.30. The number of ether oxygens (including phenoxy) is 1. The zero-order chi connectivity index (χ0) is 16.4. The first-order valence-electron chi connectivity index (χ1n) is 7.90. The second-order valence-electron chi connectivity index (χ2n) is 5.94. The largest absolute Gasteiger partial charge is 0.495 e. The number of rotatable bonds is 4. The van der Waals surface area contributed by atoms with Crippen molar-refractivity contribution in [3.63, 3.8) is 0 Å². The standard InChI is InChI=1S/C19H22N2O2/c1-13-8-9-18(23-3)16(12-13)20-19(22)14(2)21-11-10-15-6-4-5-7-17(15)21/h4-9,12,14H,10-11H2,1-3H3,(H,20,22)/t14-/m1/s1. The van der Waals surface area contributed by atoms with E-state index >= 15 is 0 Å². The van der Waals surface area contributed by atoms with E-state index in [2.05, 4.69) is 22.3 Å². The van der Waals surface area contributed by atoms with Gasteiger partial charge >= 0.3 is 0 Å². The number of carbonyl (C=O) groups excluding carboxylic acids is 1. The van der Waals surface area contributed by atoms with Gasteiger partial charge in [0.2, 0.25) is 5.91 Å². The molecule has 1 aliphatic heterocycles. The average molecular weight is 310 g/mol. The topological polar surface area (TPSA) is 41.6 Å². The molecule has 0 unspecified atom stereocenters. The number of aryl methyl sites for hydroxylation is 1. The van der Waals surface area contributed by atoms with E-state index in [4.69, 9.17) is 4.74 Å². The predicted molar refractivity (Wildman–Crippen MR) is 93.3 cm³/mol. The summed E-state index contributed by atoms with van der Waals surface area (Å²) in [4.78, 5) is 14.8. The van der Waals surface area contributed by atoms with Gasteiger partial charge in [-0.05, 0) is 49.6 Å². The SMILES string of the molecule is COc1ccc(C)cc1NC(=O)[C@@H](C)N1CCc2ccccc21. The fourth-order valence-electron chi connectivity index (χ4n) is 3.06. The van der Waals surface area contributed by atoms with Crippen LogP contribution in [0.25, 0.3) is 0 Å².